The molecule has 0 N–H and O–H groups in total. The molecule has 0 radical (unpaired) electrons. The number of hydrogen-bond acceptors (Lipinski definition) is 5. The first-order valence-corrected chi connectivity index (χ1v) is 10.4. The van der Waals surface area contributed by atoms with Crippen LogP contribution in [0, 0.1) is 0 Å². The Kier molecular flexibility index (Phi) is 5.67. The van der Waals surface area contributed by atoms with Gasteiger partial charge in [-0.1, -0.05) is 36.0 Å². The van der Waals surface area contributed by atoms with E-state index >= 15 is 0 Å². The van der Waals surface area contributed by atoms with Gasteiger partial charge in [0.25, 0.3) is 0 Å². The molecule has 4 rings (SSSR count). The highest BCUT2D eigenvalue weighted by Crippen LogP contribution is 2.30. The van der Waals surface area contributed by atoms with Crippen molar-refractivity contribution >= 4 is 23.4 Å². The van der Waals surface area contributed by atoms with Crippen LogP contribution in [0.15, 0.2) is 66.3 Å². The summed E-state index contributed by atoms with van der Waals surface area (Å²) in [4.78, 5) is 14.7. The molecule has 0 fully saturated rings. The molecule has 2 heterocycles. The molecule has 2 aromatic carbocycles. The van der Waals surface area contributed by atoms with Crippen LogP contribution in [0.2, 0.25) is 0 Å². The van der Waals surface area contributed by atoms with Gasteiger partial charge >= 0.3 is 0 Å². The molecule has 1 aliphatic heterocycles. The fourth-order valence-electron chi connectivity index (χ4n) is 3.44. The van der Waals surface area contributed by atoms with Gasteiger partial charge in [-0.2, -0.15) is 0 Å². The van der Waals surface area contributed by atoms with Gasteiger partial charge in [-0.05, 0) is 42.3 Å². The smallest absolute Gasteiger partial charge is 0.237 e. The van der Waals surface area contributed by atoms with Crippen LogP contribution in [-0.4, -0.2) is 40.1 Å². The zero-order valence-electron chi connectivity index (χ0n) is 16.2. The van der Waals surface area contributed by atoms with Crippen molar-refractivity contribution in [2.24, 2.45) is 0 Å². The number of allylic oxidation sites excluding steroid dienone is 1. The van der Waals surface area contributed by atoms with E-state index in [1.54, 1.807) is 13.2 Å². The maximum absolute atomic E-state index is 12.8. The van der Waals surface area contributed by atoms with Crippen LogP contribution in [0.3, 0.4) is 0 Å². The van der Waals surface area contributed by atoms with Crippen molar-refractivity contribution in [1.82, 2.24) is 14.8 Å². The number of thioether (sulfide) groups is 1. The number of carbonyl (C=O) groups is 1. The van der Waals surface area contributed by atoms with Gasteiger partial charge in [0, 0.05) is 24.3 Å². The standard InChI is InChI=1S/C22H22N4O2S/c1-3-13-26-21(17-8-10-18(28-2)11-9-17)23-24-22(26)29-15-20(27)25-14-12-16-6-4-5-7-19(16)25/h3-11H,1,12-15H2,2H3. The largest absolute Gasteiger partial charge is 0.497 e. The van der Waals surface area contributed by atoms with E-state index in [2.05, 4.69) is 22.8 Å². The normalized spacial score (nSPS) is 12.7. The van der Waals surface area contributed by atoms with Crippen molar-refractivity contribution in [3.05, 3.63) is 66.7 Å². The van der Waals surface area contributed by atoms with Gasteiger partial charge in [0.15, 0.2) is 11.0 Å². The highest BCUT2D eigenvalue weighted by molar-refractivity contribution is 7.99. The zero-order valence-corrected chi connectivity index (χ0v) is 17.1. The number of fused-ring (bicyclic) bond motifs is 1. The SMILES string of the molecule is C=CCn1c(SCC(=O)N2CCc3ccccc32)nnc1-c1ccc(OC)cc1. The van der Waals surface area contributed by atoms with E-state index < -0.39 is 0 Å². The second-order valence-corrected chi connectivity index (χ2v) is 7.59. The van der Waals surface area contributed by atoms with Gasteiger partial charge in [-0.3, -0.25) is 9.36 Å². The summed E-state index contributed by atoms with van der Waals surface area (Å²) in [5.41, 5.74) is 3.18. The molecule has 0 saturated heterocycles. The summed E-state index contributed by atoms with van der Waals surface area (Å²) in [5.74, 6) is 1.93. The predicted molar refractivity (Wildman–Crippen MR) is 115 cm³/mol. The second-order valence-electron chi connectivity index (χ2n) is 6.65. The van der Waals surface area contributed by atoms with E-state index in [0.29, 0.717) is 17.5 Å². The molecule has 148 valence electrons. The van der Waals surface area contributed by atoms with Crippen LogP contribution in [0.4, 0.5) is 5.69 Å². The number of amides is 1. The highest BCUT2D eigenvalue weighted by Gasteiger charge is 2.25. The molecule has 6 nitrogen and oxygen atoms in total. The zero-order chi connectivity index (χ0) is 20.2. The number of methoxy groups -OCH3 is 1. The van der Waals surface area contributed by atoms with Crippen molar-refractivity contribution in [3.63, 3.8) is 0 Å². The third-order valence-electron chi connectivity index (χ3n) is 4.89. The first-order chi connectivity index (χ1) is 14.2. The topological polar surface area (TPSA) is 60.2 Å². The third-order valence-corrected chi connectivity index (χ3v) is 5.84. The Hall–Kier alpha value is -3.06. The molecule has 0 bridgehead atoms. The van der Waals surface area contributed by atoms with E-state index in [1.165, 1.54) is 17.3 Å². The number of para-hydroxylation sites is 1. The van der Waals surface area contributed by atoms with E-state index in [1.807, 2.05) is 51.9 Å². The second kappa shape index (κ2) is 8.53. The number of hydrogen-bond donors (Lipinski definition) is 0. The molecule has 7 heteroatoms. The Bertz CT molecular complexity index is 1030. The molecule has 29 heavy (non-hydrogen) atoms. The fourth-order valence-corrected chi connectivity index (χ4v) is 4.27. The number of rotatable bonds is 7. The van der Waals surface area contributed by atoms with Crippen LogP contribution in [0.25, 0.3) is 11.4 Å². The minimum atomic E-state index is 0.0825. The van der Waals surface area contributed by atoms with E-state index in [4.69, 9.17) is 4.74 Å². The lowest BCUT2D eigenvalue weighted by Crippen LogP contribution is -2.30. The van der Waals surface area contributed by atoms with Gasteiger partial charge in [-0.15, -0.1) is 16.8 Å². The lowest BCUT2D eigenvalue weighted by molar-refractivity contribution is -0.116. The van der Waals surface area contributed by atoms with Crippen molar-refractivity contribution in [2.45, 2.75) is 18.1 Å². The number of benzene rings is 2. The minimum absolute atomic E-state index is 0.0825. The average molecular weight is 407 g/mol. The Morgan fingerprint density at radius 3 is 2.76 bits per heavy atom. The molecule has 0 aliphatic carbocycles. The van der Waals surface area contributed by atoms with Crippen LogP contribution < -0.4 is 9.64 Å². The van der Waals surface area contributed by atoms with E-state index in [-0.39, 0.29) is 5.91 Å². The molecule has 0 spiro atoms. The molecule has 3 aromatic rings. The fraction of sp³-hybridized carbons (Fsp3) is 0.227. The first kappa shape index (κ1) is 19.3. The average Bonchev–Trinajstić information content (AvgIpc) is 3.37. The summed E-state index contributed by atoms with van der Waals surface area (Å²) in [5, 5.41) is 9.38. The van der Waals surface area contributed by atoms with Crippen LogP contribution in [0.5, 0.6) is 5.75 Å². The first-order valence-electron chi connectivity index (χ1n) is 9.41. The Morgan fingerprint density at radius 2 is 2.00 bits per heavy atom. The van der Waals surface area contributed by atoms with E-state index in [0.717, 1.165) is 35.8 Å². The van der Waals surface area contributed by atoms with Crippen molar-refractivity contribution in [2.75, 3.05) is 24.3 Å². The number of nitrogens with zero attached hydrogens (tertiary/aromatic N) is 4. The monoisotopic (exact) mass is 406 g/mol. The molecular weight excluding hydrogens is 384 g/mol. The molecule has 0 unspecified atom stereocenters. The molecule has 1 amide bonds. The number of aromatic nitrogens is 3. The molecular formula is C22H22N4O2S. The molecule has 1 aromatic heterocycles. The van der Waals surface area contributed by atoms with Crippen molar-refractivity contribution < 1.29 is 9.53 Å². The summed E-state index contributed by atoms with van der Waals surface area (Å²) >= 11 is 1.41. The molecule has 0 atom stereocenters. The lowest BCUT2D eigenvalue weighted by atomic mass is 10.2. The number of anilines is 1. The maximum Gasteiger partial charge on any atom is 0.237 e. The van der Waals surface area contributed by atoms with Gasteiger partial charge in [-0.25, -0.2) is 0 Å². The molecule has 0 saturated carbocycles. The lowest BCUT2D eigenvalue weighted by Gasteiger charge is -2.17. The van der Waals surface area contributed by atoms with Crippen LogP contribution in [0.1, 0.15) is 5.56 Å². The highest BCUT2D eigenvalue weighted by atomic mass is 32.2. The van der Waals surface area contributed by atoms with Crippen molar-refractivity contribution in [3.8, 4) is 17.1 Å². The van der Waals surface area contributed by atoms with Gasteiger partial charge < -0.3 is 9.64 Å². The summed E-state index contributed by atoms with van der Waals surface area (Å²) in [6, 6.07) is 15.8. The van der Waals surface area contributed by atoms with Crippen LogP contribution in [-0.2, 0) is 17.8 Å². The minimum Gasteiger partial charge on any atom is -0.497 e. The number of carbonyl (C=O) groups excluding carboxylic acids is 1. The Balaban J connectivity index is 1.51. The van der Waals surface area contributed by atoms with Crippen molar-refractivity contribution in [1.29, 1.82) is 0 Å². The summed E-state index contributed by atoms with van der Waals surface area (Å²) in [6.45, 7) is 5.14. The Labute approximate surface area is 174 Å². The van der Waals surface area contributed by atoms with Gasteiger partial charge in [0.1, 0.15) is 5.75 Å². The van der Waals surface area contributed by atoms with E-state index in [9.17, 15) is 4.79 Å². The summed E-state index contributed by atoms with van der Waals surface area (Å²) in [7, 11) is 1.64. The predicted octanol–water partition coefficient (Wildman–Crippen LogP) is 3.82. The number of ether oxygens (including phenoxy) is 1. The summed E-state index contributed by atoms with van der Waals surface area (Å²) < 4.78 is 7.20. The molecule has 1 aliphatic rings. The Morgan fingerprint density at radius 1 is 1.21 bits per heavy atom. The summed E-state index contributed by atoms with van der Waals surface area (Å²) in [6.07, 6.45) is 2.71. The van der Waals surface area contributed by atoms with Gasteiger partial charge in [0.05, 0.1) is 12.9 Å². The quantitative estimate of drug-likeness (QED) is 0.441. The maximum atomic E-state index is 12.8. The third kappa shape index (κ3) is 3.91. The van der Waals surface area contributed by atoms with Gasteiger partial charge in [0.2, 0.25) is 5.91 Å². The van der Waals surface area contributed by atoms with Crippen LogP contribution >= 0.6 is 11.8 Å².